The Morgan fingerprint density at radius 2 is 2.00 bits per heavy atom. The highest BCUT2D eigenvalue weighted by Gasteiger charge is 2.03. The first-order valence-corrected chi connectivity index (χ1v) is 3.92. The predicted molar refractivity (Wildman–Crippen MR) is 43.8 cm³/mol. The van der Waals surface area contributed by atoms with Crippen molar-refractivity contribution in [3.63, 3.8) is 0 Å². The van der Waals surface area contributed by atoms with E-state index in [9.17, 15) is 0 Å². The third-order valence-corrected chi connectivity index (χ3v) is 2.11. The zero-order valence-corrected chi connectivity index (χ0v) is 7.37. The summed E-state index contributed by atoms with van der Waals surface area (Å²) < 4.78 is 0.728. The SMILES string of the molecule is OCc1cncc(Br)c1CO. The summed E-state index contributed by atoms with van der Waals surface area (Å²) in [5.41, 5.74) is 1.35. The van der Waals surface area contributed by atoms with Gasteiger partial charge in [0.1, 0.15) is 0 Å². The summed E-state index contributed by atoms with van der Waals surface area (Å²) in [5, 5.41) is 17.7. The smallest absolute Gasteiger partial charge is 0.0700 e. The number of hydrogen-bond donors (Lipinski definition) is 2. The summed E-state index contributed by atoms with van der Waals surface area (Å²) in [6.07, 6.45) is 3.13. The molecule has 0 aromatic carbocycles. The van der Waals surface area contributed by atoms with Crippen molar-refractivity contribution < 1.29 is 10.2 Å². The van der Waals surface area contributed by atoms with Gasteiger partial charge < -0.3 is 10.2 Å². The molecule has 1 aromatic rings. The Labute approximate surface area is 72.8 Å². The van der Waals surface area contributed by atoms with Gasteiger partial charge in [0.2, 0.25) is 0 Å². The first-order valence-electron chi connectivity index (χ1n) is 3.12. The van der Waals surface area contributed by atoms with Crippen LogP contribution in [0.5, 0.6) is 0 Å². The Hall–Kier alpha value is -0.450. The average Bonchev–Trinajstić information content (AvgIpc) is 2.04. The second-order valence-electron chi connectivity index (χ2n) is 2.08. The van der Waals surface area contributed by atoms with Gasteiger partial charge >= 0.3 is 0 Å². The highest BCUT2D eigenvalue weighted by molar-refractivity contribution is 9.10. The lowest BCUT2D eigenvalue weighted by atomic mass is 10.2. The number of hydrogen-bond acceptors (Lipinski definition) is 3. The fraction of sp³-hybridized carbons (Fsp3) is 0.286. The minimum absolute atomic E-state index is 0.0843. The van der Waals surface area contributed by atoms with Gasteiger partial charge in [0.05, 0.1) is 13.2 Å². The molecule has 0 bridgehead atoms. The van der Waals surface area contributed by atoms with E-state index in [1.54, 1.807) is 6.20 Å². The fourth-order valence-electron chi connectivity index (χ4n) is 0.815. The van der Waals surface area contributed by atoms with Gasteiger partial charge in [-0.1, -0.05) is 0 Å². The zero-order chi connectivity index (χ0) is 8.27. The highest BCUT2D eigenvalue weighted by atomic mass is 79.9. The molecule has 0 spiro atoms. The molecular formula is C7H8BrNO2. The normalized spacial score (nSPS) is 10.1. The molecule has 1 rings (SSSR count). The van der Waals surface area contributed by atoms with Crippen LogP contribution in [0.1, 0.15) is 11.1 Å². The summed E-state index contributed by atoms with van der Waals surface area (Å²) in [6.45, 7) is -0.179. The second-order valence-corrected chi connectivity index (χ2v) is 2.93. The first kappa shape index (κ1) is 8.64. The van der Waals surface area contributed by atoms with Crippen LogP contribution in [-0.2, 0) is 13.2 Å². The Bertz CT molecular complexity index is 252. The van der Waals surface area contributed by atoms with Gasteiger partial charge in [0, 0.05) is 28.0 Å². The van der Waals surface area contributed by atoms with Crippen LogP contribution in [0.3, 0.4) is 0 Å². The molecule has 0 amide bonds. The summed E-state index contributed by atoms with van der Waals surface area (Å²) in [5.74, 6) is 0. The highest BCUT2D eigenvalue weighted by Crippen LogP contribution is 2.18. The van der Waals surface area contributed by atoms with Crippen LogP contribution in [0.15, 0.2) is 16.9 Å². The molecule has 2 N–H and O–H groups in total. The maximum Gasteiger partial charge on any atom is 0.0700 e. The molecule has 0 fully saturated rings. The lowest BCUT2D eigenvalue weighted by Gasteiger charge is -2.04. The summed E-state index contributed by atoms with van der Waals surface area (Å²) in [7, 11) is 0. The van der Waals surface area contributed by atoms with E-state index in [4.69, 9.17) is 10.2 Å². The molecule has 0 atom stereocenters. The molecule has 0 radical (unpaired) electrons. The van der Waals surface area contributed by atoms with E-state index in [-0.39, 0.29) is 13.2 Å². The molecule has 3 nitrogen and oxygen atoms in total. The van der Waals surface area contributed by atoms with Gasteiger partial charge in [0.25, 0.3) is 0 Å². The van der Waals surface area contributed by atoms with E-state index in [1.165, 1.54) is 6.20 Å². The van der Waals surface area contributed by atoms with Crippen LogP contribution in [0.25, 0.3) is 0 Å². The second kappa shape index (κ2) is 3.80. The lowest BCUT2D eigenvalue weighted by Crippen LogP contribution is -1.96. The fourth-order valence-corrected chi connectivity index (χ4v) is 1.31. The summed E-state index contributed by atoms with van der Waals surface area (Å²) >= 11 is 3.21. The Balaban J connectivity index is 3.13. The van der Waals surface area contributed by atoms with Crippen molar-refractivity contribution in [1.82, 2.24) is 4.98 Å². The molecule has 60 valence electrons. The largest absolute Gasteiger partial charge is 0.392 e. The minimum atomic E-state index is -0.0949. The molecule has 0 aliphatic rings. The molecular weight excluding hydrogens is 210 g/mol. The predicted octanol–water partition coefficient (Wildman–Crippen LogP) is 0.829. The quantitative estimate of drug-likeness (QED) is 0.772. The number of aromatic nitrogens is 1. The standard InChI is InChI=1S/C7H8BrNO2/c8-7-2-9-1-5(3-10)6(7)4-11/h1-2,10-11H,3-4H2. The van der Waals surface area contributed by atoms with Crippen LogP contribution in [0.2, 0.25) is 0 Å². The molecule has 0 aliphatic carbocycles. The number of halogens is 1. The molecule has 0 saturated carbocycles. The molecule has 0 unspecified atom stereocenters. The van der Waals surface area contributed by atoms with E-state index in [0.717, 1.165) is 4.47 Å². The Morgan fingerprint density at radius 1 is 1.27 bits per heavy atom. The van der Waals surface area contributed by atoms with E-state index < -0.39 is 0 Å². The third kappa shape index (κ3) is 1.77. The van der Waals surface area contributed by atoms with Crippen LogP contribution in [0.4, 0.5) is 0 Å². The van der Waals surface area contributed by atoms with Crippen molar-refractivity contribution in [2.45, 2.75) is 13.2 Å². The number of nitrogens with zero attached hydrogens (tertiary/aromatic N) is 1. The average molecular weight is 218 g/mol. The van der Waals surface area contributed by atoms with Gasteiger partial charge in [0.15, 0.2) is 0 Å². The van der Waals surface area contributed by atoms with Crippen LogP contribution >= 0.6 is 15.9 Å². The topological polar surface area (TPSA) is 53.4 Å². The van der Waals surface area contributed by atoms with Crippen molar-refractivity contribution in [3.05, 3.63) is 28.0 Å². The van der Waals surface area contributed by atoms with Crippen LogP contribution in [-0.4, -0.2) is 15.2 Å². The molecule has 4 heteroatoms. The van der Waals surface area contributed by atoms with Gasteiger partial charge in [-0.25, -0.2) is 0 Å². The molecule has 1 aromatic heterocycles. The zero-order valence-electron chi connectivity index (χ0n) is 5.79. The van der Waals surface area contributed by atoms with Crippen molar-refractivity contribution in [2.75, 3.05) is 0 Å². The Kier molecular flexibility index (Phi) is 2.99. The monoisotopic (exact) mass is 217 g/mol. The van der Waals surface area contributed by atoms with E-state index in [2.05, 4.69) is 20.9 Å². The molecule has 0 saturated heterocycles. The number of aliphatic hydroxyl groups is 2. The van der Waals surface area contributed by atoms with E-state index in [0.29, 0.717) is 11.1 Å². The molecule has 1 heterocycles. The van der Waals surface area contributed by atoms with Gasteiger partial charge in [-0.3, -0.25) is 4.98 Å². The molecule has 11 heavy (non-hydrogen) atoms. The maximum atomic E-state index is 8.86. The van der Waals surface area contributed by atoms with Crippen LogP contribution in [0, 0.1) is 0 Å². The molecule has 0 aliphatic heterocycles. The number of aliphatic hydroxyl groups excluding tert-OH is 2. The van der Waals surface area contributed by atoms with Crippen LogP contribution < -0.4 is 0 Å². The summed E-state index contributed by atoms with van der Waals surface area (Å²) in [4.78, 5) is 3.85. The number of pyridine rings is 1. The minimum Gasteiger partial charge on any atom is -0.392 e. The van der Waals surface area contributed by atoms with Crippen molar-refractivity contribution >= 4 is 15.9 Å². The van der Waals surface area contributed by atoms with Gasteiger partial charge in [-0.2, -0.15) is 0 Å². The van der Waals surface area contributed by atoms with Crippen molar-refractivity contribution in [3.8, 4) is 0 Å². The lowest BCUT2D eigenvalue weighted by molar-refractivity contribution is 0.259. The van der Waals surface area contributed by atoms with Crippen molar-refractivity contribution in [2.24, 2.45) is 0 Å². The van der Waals surface area contributed by atoms with E-state index in [1.807, 2.05) is 0 Å². The third-order valence-electron chi connectivity index (χ3n) is 1.42. The summed E-state index contributed by atoms with van der Waals surface area (Å²) in [6, 6.07) is 0. The van der Waals surface area contributed by atoms with Crippen molar-refractivity contribution in [1.29, 1.82) is 0 Å². The Morgan fingerprint density at radius 3 is 2.45 bits per heavy atom. The maximum absolute atomic E-state index is 8.86. The van der Waals surface area contributed by atoms with Gasteiger partial charge in [-0.15, -0.1) is 0 Å². The van der Waals surface area contributed by atoms with E-state index >= 15 is 0 Å². The number of rotatable bonds is 2. The van der Waals surface area contributed by atoms with Gasteiger partial charge in [-0.05, 0) is 15.9 Å². The first-order chi connectivity index (χ1) is 5.29.